The quantitative estimate of drug-likeness (QED) is 0.200. The maximum absolute atomic E-state index is 13.5. The molecule has 0 atom stereocenters. The molecule has 9 nitrogen and oxygen atoms in total. The van der Waals surface area contributed by atoms with Crippen LogP contribution in [0.2, 0.25) is 0 Å². The van der Waals surface area contributed by atoms with Crippen LogP contribution in [-0.2, 0) is 6.54 Å². The largest absolute Gasteiger partial charge is 0.573 e. The number of alkyl halides is 3. The predicted octanol–water partition coefficient (Wildman–Crippen LogP) is 5.45. The van der Waals surface area contributed by atoms with Gasteiger partial charge in [-0.05, 0) is 78.8 Å². The van der Waals surface area contributed by atoms with Gasteiger partial charge >= 0.3 is 12.4 Å². The summed E-state index contributed by atoms with van der Waals surface area (Å²) in [6, 6.07) is 18.3. The van der Waals surface area contributed by atoms with Crippen molar-refractivity contribution in [2.45, 2.75) is 38.6 Å². The summed E-state index contributed by atoms with van der Waals surface area (Å²) in [7, 11) is 0. The Kier molecular flexibility index (Phi) is 9.12. The molecular formula is C29H28F3N6O3+. The number of urea groups is 1. The molecule has 0 unspecified atom stereocenters. The van der Waals surface area contributed by atoms with Crippen LogP contribution in [0.1, 0.15) is 47.2 Å². The molecule has 0 aromatic heterocycles. The maximum Gasteiger partial charge on any atom is 0.573 e. The number of hydrogen-bond acceptors (Lipinski definition) is 3. The number of allylic oxidation sites excluding steroid dienone is 2. The Morgan fingerprint density at radius 2 is 1.71 bits per heavy atom. The van der Waals surface area contributed by atoms with Crippen LogP contribution in [0.15, 0.2) is 89.0 Å². The second kappa shape index (κ2) is 12.9. The smallest absolute Gasteiger partial charge is 0.404 e. The molecule has 0 spiro atoms. The first-order valence-electron chi connectivity index (χ1n) is 12.7. The summed E-state index contributed by atoms with van der Waals surface area (Å²) in [6.07, 6.45) is 1.53. The van der Waals surface area contributed by atoms with E-state index in [1.54, 1.807) is 24.3 Å². The Bertz CT molecular complexity index is 1470. The van der Waals surface area contributed by atoms with Crippen LogP contribution in [0, 0.1) is 0 Å². The highest BCUT2D eigenvalue weighted by Crippen LogP contribution is 2.32. The molecular weight excluding hydrogens is 537 g/mol. The molecule has 0 radical (unpaired) electrons. The Morgan fingerprint density at radius 3 is 2.34 bits per heavy atom. The summed E-state index contributed by atoms with van der Waals surface area (Å²) in [6.45, 7) is 0.0359. The molecule has 0 aliphatic heterocycles. The number of aliphatic imine (C=N–C) groups is 1. The lowest BCUT2D eigenvalue weighted by Crippen LogP contribution is -2.34. The van der Waals surface area contributed by atoms with Crippen molar-refractivity contribution in [1.29, 1.82) is 0 Å². The van der Waals surface area contributed by atoms with Crippen molar-refractivity contribution in [3.8, 4) is 5.75 Å². The van der Waals surface area contributed by atoms with E-state index >= 15 is 0 Å². The number of ether oxygens (including phenoxy) is 1. The zero-order chi connectivity index (χ0) is 29.4. The number of nitrogens with zero attached hydrogens (tertiary/aromatic N) is 3. The van der Waals surface area contributed by atoms with E-state index in [4.69, 9.17) is 11.3 Å². The highest BCUT2D eigenvalue weighted by Gasteiger charge is 2.32. The van der Waals surface area contributed by atoms with Crippen LogP contribution in [0.5, 0.6) is 5.75 Å². The number of carbonyl (C=O) groups excluding carboxylic acids is 2. The van der Waals surface area contributed by atoms with Gasteiger partial charge in [-0.2, -0.15) is 4.99 Å². The van der Waals surface area contributed by atoms with Crippen LogP contribution < -0.4 is 26.2 Å². The van der Waals surface area contributed by atoms with Crippen molar-refractivity contribution in [1.82, 2.24) is 0 Å². The fraction of sp³-hybridized carbons (Fsp3) is 0.207. The van der Waals surface area contributed by atoms with E-state index in [1.807, 2.05) is 12.1 Å². The second-order valence-electron chi connectivity index (χ2n) is 9.18. The third-order valence-electron chi connectivity index (χ3n) is 6.33. The van der Waals surface area contributed by atoms with Crippen molar-refractivity contribution < 1.29 is 33.0 Å². The monoisotopic (exact) mass is 565 g/mol. The fourth-order valence-corrected chi connectivity index (χ4v) is 4.34. The highest BCUT2D eigenvalue weighted by atomic mass is 19.4. The molecule has 0 fully saturated rings. The van der Waals surface area contributed by atoms with Crippen molar-refractivity contribution >= 4 is 34.8 Å². The summed E-state index contributed by atoms with van der Waals surface area (Å²) in [5, 5.41) is 5.67. The summed E-state index contributed by atoms with van der Waals surface area (Å²) in [4.78, 5) is 30.7. The molecule has 1 aliphatic carbocycles. The van der Waals surface area contributed by atoms with E-state index in [-0.39, 0.29) is 23.8 Å². The number of halogens is 3. The SMILES string of the molecule is NC(N=[NH2+])=NC(=O)c1ccc(CN(C(=O)Nc2ccccc2OC(F)(F)F)c2ccc(C3=CCCCC3)cc2)cc1. The summed E-state index contributed by atoms with van der Waals surface area (Å²) in [5.41, 5.74) is 13.9. The number of nitrogens with one attached hydrogen (secondary N) is 1. The van der Waals surface area contributed by atoms with Gasteiger partial charge in [-0.15, -0.1) is 18.7 Å². The zero-order valence-electron chi connectivity index (χ0n) is 21.9. The lowest BCUT2D eigenvalue weighted by atomic mass is 9.93. The Balaban J connectivity index is 1.62. The molecule has 0 saturated carbocycles. The van der Waals surface area contributed by atoms with Crippen LogP contribution in [0.25, 0.3) is 5.57 Å². The van der Waals surface area contributed by atoms with Gasteiger partial charge in [0.25, 0.3) is 11.9 Å². The number of amides is 3. The summed E-state index contributed by atoms with van der Waals surface area (Å²) >= 11 is 0. The Labute approximate surface area is 234 Å². The number of para-hydroxylation sites is 2. The third-order valence-corrected chi connectivity index (χ3v) is 6.33. The maximum atomic E-state index is 13.5. The van der Waals surface area contributed by atoms with Gasteiger partial charge in [0.15, 0.2) is 5.75 Å². The molecule has 4 rings (SSSR count). The van der Waals surface area contributed by atoms with Crippen LogP contribution in [0.4, 0.5) is 29.3 Å². The molecule has 212 valence electrons. The lowest BCUT2D eigenvalue weighted by Gasteiger charge is -2.25. The number of rotatable bonds is 7. The van der Waals surface area contributed by atoms with E-state index in [0.717, 1.165) is 37.3 Å². The molecule has 12 heteroatoms. The number of carbonyl (C=O) groups is 2. The van der Waals surface area contributed by atoms with Gasteiger partial charge in [0, 0.05) is 16.4 Å². The topological polar surface area (TPSA) is 135 Å². The van der Waals surface area contributed by atoms with E-state index < -0.39 is 24.1 Å². The van der Waals surface area contributed by atoms with Crippen molar-refractivity contribution in [3.05, 3.63) is 95.6 Å². The van der Waals surface area contributed by atoms with Crippen molar-refractivity contribution in [2.24, 2.45) is 15.8 Å². The van der Waals surface area contributed by atoms with E-state index in [9.17, 15) is 22.8 Å². The van der Waals surface area contributed by atoms with Gasteiger partial charge < -0.3 is 15.8 Å². The number of nitrogens with two attached hydrogens (primary N) is 2. The van der Waals surface area contributed by atoms with Crippen LogP contribution in [-0.4, -0.2) is 24.3 Å². The summed E-state index contributed by atoms with van der Waals surface area (Å²) < 4.78 is 42.9. The zero-order valence-corrected chi connectivity index (χ0v) is 21.9. The van der Waals surface area contributed by atoms with E-state index in [0.29, 0.717) is 11.3 Å². The van der Waals surface area contributed by atoms with E-state index in [2.05, 4.69) is 26.2 Å². The minimum absolute atomic E-state index is 0.0359. The normalized spacial score (nSPS) is 13.6. The van der Waals surface area contributed by atoms with Crippen LogP contribution >= 0.6 is 0 Å². The lowest BCUT2D eigenvalue weighted by molar-refractivity contribution is -0.274. The molecule has 3 aromatic rings. The Morgan fingerprint density at radius 1 is 1.00 bits per heavy atom. The minimum atomic E-state index is -4.93. The molecule has 0 bridgehead atoms. The van der Waals surface area contributed by atoms with Gasteiger partial charge in [-0.3, -0.25) is 9.69 Å². The van der Waals surface area contributed by atoms with Gasteiger partial charge in [-0.1, -0.05) is 42.5 Å². The highest BCUT2D eigenvalue weighted by molar-refractivity contribution is 6.03. The van der Waals surface area contributed by atoms with Gasteiger partial charge in [0.1, 0.15) is 0 Å². The average Bonchev–Trinajstić information content (AvgIpc) is 2.97. The first-order valence-corrected chi connectivity index (χ1v) is 12.7. The molecule has 5 N–H and O–H groups in total. The van der Waals surface area contributed by atoms with Gasteiger partial charge in [-0.25, -0.2) is 4.79 Å². The van der Waals surface area contributed by atoms with Crippen LogP contribution in [0.3, 0.4) is 0 Å². The number of guanidine groups is 1. The van der Waals surface area contributed by atoms with Crippen molar-refractivity contribution in [3.63, 3.8) is 0 Å². The Hall–Kier alpha value is -5.00. The fourth-order valence-electron chi connectivity index (χ4n) is 4.34. The molecule has 1 aliphatic rings. The molecule has 3 amide bonds. The third kappa shape index (κ3) is 8.01. The molecule has 3 aromatic carbocycles. The number of hydrogen-bond donors (Lipinski definition) is 3. The van der Waals surface area contributed by atoms with Gasteiger partial charge in [0.2, 0.25) is 0 Å². The second-order valence-corrected chi connectivity index (χ2v) is 9.18. The number of benzene rings is 3. The summed E-state index contributed by atoms with van der Waals surface area (Å²) in [5.74, 6) is -1.56. The molecule has 0 heterocycles. The average molecular weight is 566 g/mol. The van der Waals surface area contributed by atoms with Gasteiger partial charge in [0.05, 0.1) is 12.2 Å². The molecule has 0 saturated heterocycles. The molecule has 41 heavy (non-hydrogen) atoms. The van der Waals surface area contributed by atoms with Crippen molar-refractivity contribution in [2.75, 3.05) is 10.2 Å². The first kappa shape index (κ1) is 29.0. The predicted molar refractivity (Wildman–Crippen MR) is 148 cm³/mol. The minimum Gasteiger partial charge on any atom is -0.404 e. The standard InChI is InChI=1S/C29H27F3N6O3/c30-29(31,32)41-25-9-5-4-8-24(25)35-28(40)38(23-16-14-21(15-17-23)20-6-2-1-3-7-20)18-19-10-12-22(13-11-19)26(39)36-27(33)37-34/h4-6,8-17,34H,1-3,7,18H2,(H,35,40)(H2,33,36,39)/p+1. The first-order chi connectivity index (χ1) is 19.6. The number of anilines is 2. The van der Waals surface area contributed by atoms with E-state index in [1.165, 1.54) is 40.8 Å².